The van der Waals surface area contributed by atoms with Gasteiger partial charge in [0.1, 0.15) is 0 Å². The van der Waals surface area contributed by atoms with E-state index in [0.29, 0.717) is 12.1 Å². The Morgan fingerprint density at radius 3 is 2.70 bits per heavy atom. The Morgan fingerprint density at radius 1 is 1.35 bits per heavy atom. The van der Waals surface area contributed by atoms with Crippen LogP contribution in [0.25, 0.3) is 0 Å². The summed E-state index contributed by atoms with van der Waals surface area (Å²) in [5.41, 5.74) is 1.54. The minimum absolute atomic E-state index is 0.550. The predicted octanol–water partition coefficient (Wildman–Crippen LogP) is 4.14. The Kier molecular flexibility index (Phi) is 5.65. The monoisotopic (exact) mass is 294 g/mol. The highest BCUT2D eigenvalue weighted by molar-refractivity contribution is 7.12. The van der Waals surface area contributed by atoms with Crippen molar-refractivity contribution >= 4 is 11.3 Å². The fraction of sp³-hybridized carbons (Fsp3) is 0.765. The molecule has 0 aliphatic carbocycles. The molecule has 2 heterocycles. The lowest BCUT2D eigenvalue weighted by Gasteiger charge is -2.31. The summed E-state index contributed by atoms with van der Waals surface area (Å²) in [6.45, 7) is 15.1. The minimum Gasteiger partial charge on any atom is -0.313 e. The van der Waals surface area contributed by atoms with Gasteiger partial charge in [0.2, 0.25) is 0 Å². The van der Waals surface area contributed by atoms with E-state index >= 15 is 0 Å². The first-order valence-electron chi connectivity index (χ1n) is 8.01. The molecule has 1 aromatic heterocycles. The minimum atomic E-state index is 0.550. The molecular formula is C17H30N2S. The van der Waals surface area contributed by atoms with Crippen molar-refractivity contribution in [3.8, 4) is 0 Å². The number of thiophene rings is 1. The van der Waals surface area contributed by atoms with Gasteiger partial charge in [-0.3, -0.25) is 4.90 Å². The Hall–Kier alpha value is -0.380. The fourth-order valence-electron chi connectivity index (χ4n) is 3.37. The van der Waals surface area contributed by atoms with Gasteiger partial charge in [-0.05, 0) is 57.7 Å². The number of hydrogen-bond donors (Lipinski definition) is 1. The van der Waals surface area contributed by atoms with Crippen molar-refractivity contribution in [3.05, 3.63) is 21.4 Å². The van der Waals surface area contributed by atoms with Crippen molar-refractivity contribution in [1.82, 2.24) is 10.2 Å². The zero-order valence-corrected chi connectivity index (χ0v) is 14.5. The molecule has 0 bridgehead atoms. The van der Waals surface area contributed by atoms with Crippen LogP contribution in [0.1, 0.15) is 55.0 Å². The number of aryl methyl sites for hydroxylation is 2. The highest BCUT2D eigenvalue weighted by Gasteiger charge is 2.24. The van der Waals surface area contributed by atoms with E-state index in [9.17, 15) is 0 Å². The molecule has 114 valence electrons. The van der Waals surface area contributed by atoms with E-state index in [4.69, 9.17) is 0 Å². The zero-order chi connectivity index (χ0) is 14.7. The maximum Gasteiger partial charge on any atom is 0.0331 e. The second-order valence-corrected chi connectivity index (χ2v) is 8.13. The Bertz CT molecular complexity index is 425. The molecule has 0 aromatic carbocycles. The fourth-order valence-corrected chi connectivity index (χ4v) is 4.38. The van der Waals surface area contributed by atoms with Crippen molar-refractivity contribution in [1.29, 1.82) is 0 Å². The lowest BCUT2D eigenvalue weighted by molar-refractivity contribution is 0.199. The molecule has 0 radical (unpaired) electrons. The Morgan fingerprint density at radius 2 is 2.10 bits per heavy atom. The number of rotatable bonds is 4. The summed E-state index contributed by atoms with van der Waals surface area (Å²) in [6, 6.07) is 3.59. The third kappa shape index (κ3) is 4.06. The topological polar surface area (TPSA) is 15.3 Å². The molecule has 0 amide bonds. The van der Waals surface area contributed by atoms with E-state index in [0.717, 1.165) is 5.92 Å². The molecule has 0 spiro atoms. The first kappa shape index (κ1) is 16.0. The van der Waals surface area contributed by atoms with Gasteiger partial charge in [0.25, 0.3) is 0 Å². The quantitative estimate of drug-likeness (QED) is 0.898. The van der Waals surface area contributed by atoms with Gasteiger partial charge in [-0.15, -0.1) is 11.3 Å². The van der Waals surface area contributed by atoms with Gasteiger partial charge in [0.05, 0.1) is 0 Å². The molecule has 1 aliphatic rings. The van der Waals surface area contributed by atoms with Crippen LogP contribution in [0.5, 0.6) is 0 Å². The molecule has 1 aromatic rings. The number of nitrogens with zero attached hydrogens (tertiary/aromatic N) is 1. The van der Waals surface area contributed by atoms with Crippen molar-refractivity contribution in [3.63, 3.8) is 0 Å². The van der Waals surface area contributed by atoms with E-state index in [1.54, 1.807) is 0 Å². The van der Waals surface area contributed by atoms with Gasteiger partial charge < -0.3 is 5.32 Å². The summed E-state index contributed by atoms with van der Waals surface area (Å²) in [4.78, 5) is 5.62. The summed E-state index contributed by atoms with van der Waals surface area (Å²) in [5.74, 6) is 0.771. The van der Waals surface area contributed by atoms with Crippen molar-refractivity contribution in [2.75, 3.05) is 19.6 Å². The van der Waals surface area contributed by atoms with Crippen LogP contribution in [0.15, 0.2) is 6.07 Å². The molecule has 1 aliphatic heterocycles. The molecule has 2 rings (SSSR count). The molecule has 2 unspecified atom stereocenters. The summed E-state index contributed by atoms with van der Waals surface area (Å²) >= 11 is 1.94. The van der Waals surface area contributed by atoms with Crippen LogP contribution < -0.4 is 5.32 Å². The van der Waals surface area contributed by atoms with Crippen LogP contribution in [-0.2, 0) is 0 Å². The third-order valence-corrected chi connectivity index (χ3v) is 5.32. The molecule has 2 nitrogen and oxygen atoms in total. The summed E-state index contributed by atoms with van der Waals surface area (Å²) < 4.78 is 0. The second-order valence-electron chi connectivity index (χ2n) is 6.67. The second kappa shape index (κ2) is 7.06. The van der Waals surface area contributed by atoms with Gasteiger partial charge in [0, 0.05) is 34.9 Å². The number of hydrogen-bond acceptors (Lipinski definition) is 3. The first-order chi connectivity index (χ1) is 9.47. The van der Waals surface area contributed by atoms with E-state index < -0.39 is 0 Å². The lowest BCUT2D eigenvalue weighted by Crippen LogP contribution is -2.39. The molecule has 3 heteroatoms. The van der Waals surface area contributed by atoms with Gasteiger partial charge in [-0.1, -0.05) is 13.8 Å². The highest BCUT2D eigenvalue weighted by atomic mass is 32.1. The molecule has 2 atom stereocenters. The van der Waals surface area contributed by atoms with E-state index in [1.807, 2.05) is 11.3 Å². The first-order valence-corrected chi connectivity index (χ1v) is 8.83. The summed E-state index contributed by atoms with van der Waals surface area (Å²) in [7, 11) is 0. The smallest absolute Gasteiger partial charge is 0.0331 e. The lowest BCUT2D eigenvalue weighted by atomic mass is 10.0. The SMILES string of the molecule is Cc1cc(C(C)N2CCCNC(CC(C)C)C2)c(C)s1. The maximum absolute atomic E-state index is 3.73. The van der Waals surface area contributed by atoms with Crippen LogP contribution in [0.2, 0.25) is 0 Å². The van der Waals surface area contributed by atoms with Crippen LogP contribution in [0.3, 0.4) is 0 Å². The van der Waals surface area contributed by atoms with Crippen molar-refractivity contribution in [2.24, 2.45) is 5.92 Å². The normalized spacial score (nSPS) is 23.0. The molecule has 1 fully saturated rings. The summed E-state index contributed by atoms with van der Waals surface area (Å²) in [6.07, 6.45) is 2.55. The Balaban J connectivity index is 2.07. The maximum atomic E-state index is 3.73. The van der Waals surface area contributed by atoms with Gasteiger partial charge in [0.15, 0.2) is 0 Å². The zero-order valence-electron chi connectivity index (χ0n) is 13.7. The van der Waals surface area contributed by atoms with Gasteiger partial charge in [-0.25, -0.2) is 0 Å². The third-order valence-electron chi connectivity index (χ3n) is 4.34. The van der Waals surface area contributed by atoms with Gasteiger partial charge in [-0.2, -0.15) is 0 Å². The van der Waals surface area contributed by atoms with Gasteiger partial charge >= 0.3 is 0 Å². The average molecular weight is 295 g/mol. The number of nitrogens with one attached hydrogen (secondary N) is 1. The van der Waals surface area contributed by atoms with Crippen LogP contribution in [0.4, 0.5) is 0 Å². The Labute approximate surface area is 128 Å². The molecule has 0 saturated carbocycles. The van der Waals surface area contributed by atoms with E-state index in [-0.39, 0.29) is 0 Å². The average Bonchev–Trinajstić information content (AvgIpc) is 2.58. The molecular weight excluding hydrogens is 264 g/mol. The molecule has 20 heavy (non-hydrogen) atoms. The molecule has 1 saturated heterocycles. The summed E-state index contributed by atoms with van der Waals surface area (Å²) in [5, 5.41) is 3.73. The highest BCUT2D eigenvalue weighted by Crippen LogP contribution is 2.30. The van der Waals surface area contributed by atoms with Crippen molar-refractivity contribution < 1.29 is 0 Å². The predicted molar refractivity (Wildman–Crippen MR) is 89.6 cm³/mol. The van der Waals surface area contributed by atoms with Crippen LogP contribution >= 0.6 is 11.3 Å². The largest absolute Gasteiger partial charge is 0.313 e. The van der Waals surface area contributed by atoms with Crippen LogP contribution in [0, 0.1) is 19.8 Å². The molecule has 1 N–H and O–H groups in total. The van der Waals surface area contributed by atoms with E-state index in [2.05, 4.69) is 50.9 Å². The standard InChI is InChI=1S/C17H30N2S/c1-12(2)9-16-11-19(8-6-7-18-16)14(4)17-10-13(3)20-15(17)5/h10,12,14,16,18H,6-9,11H2,1-5H3. The van der Waals surface area contributed by atoms with Crippen LogP contribution in [-0.4, -0.2) is 30.6 Å². The van der Waals surface area contributed by atoms with E-state index in [1.165, 1.54) is 47.8 Å². The van der Waals surface area contributed by atoms with Crippen molar-refractivity contribution in [2.45, 2.75) is 59.5 Å².